The molecular weight excluding hydrogens is 370 g/mol. The van der Waals surface area contributed by atoms with Crippen LogP contribution in [0.1, 0.15) is 24.0 Å². The zero-order valence-corrected chi connectivity index (χ0v) is 15.9. The van der Waals surface area contributed by atoms with Crippen molar-refractivity contribution < 1.29 is 9.72 Å². The molecule has 2 aliphatic rings. The minimum absolute atomic E-state index is 0.0844. The van der Waals surface area contributed by atoms with Gasteiger partial charge in [-0.2, -0.15) is 5.26 Å². The van der Waals surface area contributed by atoms with Gasteiger partial charge in [0.2, 0.25) is 0 Å². The Bertz CT molecular complexity index is 975. The van der Waals surface area contributed by atoms with Crippen molar-refractivity contribution in [2.24, 2.45) is 0 Å². The smallest absolute Gasteiger partial charge is 0.322 e. The number of anilines is 2. The summed E-state index contributed by atoms with van der Waals surface area (Å²) in [6, 6.07) is 14.2. The molecule has 1 fully saturated rings. The first-order valence-corrected chi connectivity index (χ1v) is 9.66. The van der Waals surface area contributed by atoms with Gasteiger partial charge in [-0.15, -0.1) is 0 Å². The van der Waals surface area contributed by atoms with E-state index in [0.29, 0.717) is 18.5 Å². The molecule has 0 aliphatic carbocycles. The second-order valence-electron chi connectivity index (χ2n) is 7.31. The lowest BCUT2D eigenvalue weighted by Gasteiger charge is -2.38. The quantitative estimate of drug-likeness (QED) is 0.637. The van der Waals surface area contributed by atoms with Gasteiger partial charge in [-0.05, 0) is 49.1 Å². The number of nitriles is 1. The second kappa shape index (κ2) is 7.80. The molecule has 0 radical (unpaired) electrons. The molecule has 2 aromatic rings. The number of hydrogen-bond acceptors (Lipinski definition) is 5. The molecule has 148 valence electrons. The molecule has 0 aromatic heterocycles. The number of rotatable bonds is 3. The lowest BCUT2D eigenvalue weighted by Crippen LogP contribution is -2.48. The maximum Gasteiger partial charge on any atom is 0.322 e. The molecule has 2 aliphatic heterocycles. The van der Waals surface area contributed by atoms with Gasteiger partial charge in [0.1, 0.15) is 0 Å². The number of nitrogens with zero attached hydrogens (tertiary/aromatic N) is 4. The molecule has 2 heterocycles. The number of benzene rings is 2. The zero-order chi connectivity index (χ0) is 20.4. The van der Waals surface area contributed by atoms with Crippen molar-refractivity contribution >= 4 is 23.1 Å². The zero-order valence-electron chi connectivity index (χ0n) is 15.9. The van der Waals surface area contributed by atoms with Gasteiger partial charge in [0.25, 0.3) is 5.69 Å². The molecule has 1 N–H and O–H groups in total. The Hall–Kier alpha value is -3.60. The number of piperidine rings is 1. The highest BCUT2D eigenvalue weighted by atomic mass is 16.6. The van der Waals surface area contributed by atoms with Crippen LogP contribution in [0.2, 0.25) is 0 Å². The normalized spacial score (nSPS) is 17.1. The van der Waals surface area contributed by atoms with Gasteiger partial charge in [-0.1, -0.05) is 6.07 Å². The van der Waals surface area contributed by atoms with Crippen molar-refractivity contribution in [1.29, 1.82) is 5.26 Å². The van der Waals surface area contributed by atoms with E-state index in [9.17, 15) is 20.2 Å². The number of carbonyl (C=O) groups excluding carboxylic acids is 1. The Kier molecular flexibility index (Phi) is 5.04. The van der Waals surface area contributed by atoms with Gasteiger partial charge in [0.15, 0.2) is 0 Å². The Morgan fingerprint density at radius 1 is 1.10 bits per heavy atom. The van der Waals surface area contributed by atoms with E-state index in [1.807, 2.05) is 11.0 Å². The van der Waals surface area contributed by atoms with Crippen LogP contribution >= 0.6 is 0 Å². The Morgan fingerprint density at radius 2 is 1.83 bits per heavy atom. The van der Waals surface area contributed by atoms with E-state index in [4.69, 9.17) is 0 Å². The molecule has 29 heavy (non-hydrogen) atoms. The summed E-state index contributed by atoms with van der Waals surface area (Å²) in [5.74, 6) is 0. The van der Waals surface area contributed by atoms with Crippen molar-refractivity contribution in [3.8, 4) is 6.07 Å². The Labute approximate surface area is 168 Å². The maximum absolute atomic E-state index is 12.8. The highest BCUT2D eigenvalue weighted by molar-refractivity contribution is 5.91. The van der Waals surface area contributed by atoms with E-state index >= 15 is 0 Å². The SMILES string of the molecule is N#Cc1cccc2c1CCN(C1CCN(c3ccc([N+](=O)[O-])cc3)CC1)C(=O)N2. The molecule has 0 bridgehead atoms. The van der Waals surface area contributed by atoms with E-state index < -0.39 is 4.92 Å². The number of urea groups is 1. The Morgan fingerprint density at radius 3 is 2.48 bits per heavy atom. The fourth-order valence-electron chi connectivity index (χ4n) is 4.17. The van der Waals surface area contributed by atoms with Gasteiger partial charge in [-0.3, -0.25) is 10.1 Å². The fourth-order valence-corrected chi connectivity index (χ4v) is 4.17. The molecule has 0 spiro atoms. The largest absolute Gasteiger partial charge is 0.371 e. The number of carbonyl (C=O) groups is 1. The number of nitro benzene ring substituents is 1. The lowest BCUT2D eigenvalue weighted by atomic mass is 10.0. The van der Waals surface area contributed by atoms with Crippen LogP contribution in [0.15, 0.2) is 42.5 Å². The van der Waals surface area contributed by atoms with Crippen molar-refractivity contribution in [2.75, 3.05) is 29.9 Å². The number of nitro groups is 1. The summed E-state index contributed by atoms with van der Waals surface area (Å²) >= 11 is 0. The third kappa shape index (κ3) is 3.72. The predicted molar refractivity (Wildman–Crippen MR) is 109 cm³/mol. The van der Waals surface area contributed by atoms with Gasteiger partial charge in [0.05, 0.1) is 16.6 Å². The summed E-state index contributed by atoms with van der Waals surface area (Å²) in [5, 5.41) is 23.1. The number of nitrogens with one attached hydrogen (secondary N) is 1. The van der Waals surface area contributed by atoms with Crippen molar-refractivity contribution in [3.05, 3.63) is 63.7 Å². The van der Waals surface area contributed by atoms with Gasteiger partial charge < -0.3 is 15.1 Å². The van der Waals surface area contributed by atoms with Gasteiger partial charge in [0, 0.05) is 49.2 Å². The van der Waals surface area contributed by atoms with Crippen LogP contribution in [-0.4, -0.2) is 41.5 Å². The molecule has 2 amide bonds. The molecule has 4 rings (SSSR count). The number of non-ortho nitro benzene ring substituents is 1. The van der Waals surface area contributed by atoms with E-state index in [0.717, 1.165) is 42.9 Å². The van der Waals surface area contributed by atoms with Crippen LogP contribution in [0.25, 0.3) is 0 Å². The van der Waals surface area contributed by atoms with E-state index in [2.05, 4.69) is 16.3 Å². The average Bonchev–Trinajstić information content (AvgIpc) is 2.92. The van der Waals surface area contributed by atoms with Crippen LogP contribution in [0.4, 0.5) is 21.9 Å². The van der Waals surface area contributed by atoms with Crippen LogP contribution in [0.3, 0.4) is 0 Å². The first kappa shape index (κ1) is 18.7. The number of amides is 2. The minimum atomic E-state index is -0.399. The van der Waals surface area contributed by atoms with E-state index in [1.54, 1.807) is 24.3 Å². The molecule has 1 saturated heterocycles. The van der Waals surface area contributed by atoms with E-state index in [1.165, 1.54) is 12.1 Å². The first-order chi connectivity index (χ1) is 14.1. The highest BCUT2D eigenvalue weighted by Crippen LogP contribution is 2.28. The summed E-state index contributed by atoms with van der Waals surface area (Å²) in [6.45, 7) is 2.14. The molecule has 0 saturated carbocycles. The van der Waals surface area contributed by atoms with Crippen LogP contribution < -0.4 is 10.2 Å². The molecule has 0 atom stereocenters. The van der Waals surface area contributed by atoms with Crippen molar-refractivity contribution in [3.63, 3.8) is 0 Å². The topological polar surface area (TPSA) is 103 Å². The minimum Gasteiger partial charge on any atom is -0.371 e. The molecular formula is C21H21N5O3. The van der Waals surface area contributed by atoms with Crippen molar-refractivity contribution in [2.45, 2.75) is 25.3 Å². The summed E-state index contributed by atoms with van der Waals surface area (Å²) in [4.78, 5) is 27.3. The van der Waals surface area contributed by atoms with E-state index in [-0.39, 0.29) is 17.8 Å². The fraction of sp³-hybridized carbons (Fsp3) is 0.333. The molecule has 8 heteroatoms. The summed E-state index contributed by atoms with van der Waals surface area (Å²) in [5.41, 5.74) is 3.27. The third-order valence-electron chi connectivity index (χ3n) is 5.73. The lowest BCUT2D eigenvalue weighted by molar-refractivity contribution is -0.384. The van der Waals surface area contributed by atoms with Crippen molar-refractivity contribution in [1.82, 2.24) is 4.90 Å². The molecule has 2 aromatic carbocycles. The third-order valence-corrected chi connectivity index (χ3v) is 5.73. The summed E-state index contributed by atoms with van der Waals surface area (Å²) in [7, 11) is 0. The molecule has 8 nitrogen and oxygen atoms in total. The number of fused-ring (bicyclic) bond motifs is 1. The van der Waals surface area contributed by atoms with Gasteiger partial charge >= 0.3 is 6.03 Å². The second-order valence-corrected chi connectivity index (χ2v) is 7.31. The highest BCUT2D eigenvalue weighted by Gasteiger charge is 2.30. The van der Waals surface area contributed by atoms with Crippen LogP contribution in [0.5, 0.6) is 0 Å². The molecule has 0 unspecified atom stereocenters. The number of hydrogen-bond donors (Lipinski definition) is 1. The van der Waals surface area contributed by atoms with Crippen LogP contribution in [0, 0.1) is 21.4 Å². The average molecular weight is 391 g/mol. The summed E-state index contributed by atoms with van der Waals surface area (Å²) < 4.78 is 0. The maximum atomic E-state index is 12.8. The van der Waals surface area contributed by atoms with Gasteiger partial charge in [-0.25, -0.2) is 4.79 Å². The first-order valence-electron chi connectivity index (χ1n) is 9.66. The predicted octanol–water partition coefficient (Wildman–Crippen LogP) is 3.53. The van der Waals surface area contributed by atoms with Crippen LogP contribution in [-0.2, 0) is 6.42 Å². The monoisotopic (exact) mass is 391 g/mol. The standard InChI is InChI=1S/C21H21N5O3/c22-14-15-2-1-3-20-19(15)10-13-25(21(27)23-20)17-8-11-24(12-9-17)16-4-6-18(7-5-16)26(28)29/h1-7,17H,8-13H2,(H,23,27). The Balaban J connectivity index is 1.42. The summed E-state index contributed by atoms with van der Waals surface area (Å²) in [6.07, 6.45) is 2.30.